The van der Waals surface area contributed by atoms with Crippen molar-refractivity contribution < 1.29 is 8.83 Å². The molecule has 1 atom stereocenters. The van der Waals surface area contributed by atoms with E-state index in [1.165, 1.54) is 5.56 Å². The fourth-order valence-corrected chi connectivity index (χ4v) is 8.95. The normalized spacial score (nSPS) is 14.3. The molecule has 54 heavy (non-hydrogen) atoms. The SMILES string of the molecule is C1=CCC(c2ccc(N(c3ccc(-c4ccc5c(c4)oc4ccc6sc(-c7ccccc7)nc6c45)cc3)c3cccc4c3oc3ccccc34)cc2)C=C1. The highest BCUT2D eigenvalue weighted by Crippen LogP contribution is 2.44. The molecule has 11 rings (SSSR count). The van der Waals surface area contributed by atoms with Gasteiger partial charge in [-0.05, 0) is 83.8 Å². The quantitative estimate of drug-likeness (QED) is 0.172. The average Bonchev–Trinajstić information content (AvgIpc) is 3.96. The zero-order valence-electron chi connectivity index (χ0n) is 29.1. The van der Waals surface area contributed by atoms with E-state index in [1.54, 1.807) is 11.3 Å². The number of para-hydroxylation sites is 2. The lowest BCUT2D eigenvalue weighted by atomic mass is 9.92. The van der Waals surface area contributed by atoms with E-state index in [0.717, 1.165) is 99.3 Å². The number of fused-ring (bicyclic) bond motifs is 8. The van der Waals surface area contributed by atoms with Crippen LogP contribution in [-0.4, -0.2) is 4.98 Å². The summed E-state index contributed by atoms with van der Waals surface area (Å²) >= 11 is 1.72. The van der Waals surface area contributed by atoms with E-state index in [-0.39, 0.29) is 0 Å². The highest BCUT2D eigenvalue weighted by atomic mass is 32.1. The summed E-state index contributed by atoms with van der Waals surface area (Å²) in [4.78, 5) is 7.40. The van der Waals surface area contributed by atoms with E-state index in [0.29, 0.717) is 5.92 Å². The van der Waals surface area contributed by atoms with Gasteiger partial charge in [0.15, 0.2) is 5.58 Å². The van der Waals surface area contributed by atoms with Gasteiger partial charge in [0.2, 0.25) is 0 Å². The van der Waals surface area contributed by atoms with Gasteiger partial charge in [-0.2, -0.15) is 0 Å². The van der Waals surface area contributed by atoms with Crippen LogP contribution in [0.5, 0.6) is 0 Å². The Hall–Kier alpha value is -6.69. The van der Waals surface area contributed by atoms with Crippen LogP contribution in [-0.2, 0) is 0 Å². The molecule has 0 spiro atoms. The molecule has 1 unspecified atom stereocenters. The van der Waals surface area contributed by atoms with E-state index in [2.05, 4.69) is 163 Å². The van der Waals surface area contributed by atoms with E-state index < -0.39 is 0 Å². The van der Waals surface area contributed by atoms with E-state index >= 15 is 0 Å². The second-order valence-corrected chi connectivity index (χ2v) is 14.9. The van der Waals surface area contributed by atoms with Crippen LogP contribution < -0.4 is 4.90 Å². The minimum atomic E-state index is 0.388. The van der Waals surface area contributed by atoms with Crippen molar-refractivity contribution in [2.75, 3.05) is 4.90 Å². The predicted octanol–water partition coefficient (Wildman–Crippen LogP) is 14.5. The third-order valence-electron chi connectivity index (χ3n) is 10.7. The number of rotatable bonds is 6. The van der Waals surface area contributed by atoms with Crippen LogP contribution in [0.1, 0.15) is 17.9 Å². The molecular weight excluding hydrogens is 681 g/mol. The number of hydrogen-bond donors (Lipinski definition) is 0. The summed E-state index contributed by atoms with van der Waals surface area (Å²) in [7, 11) is 0. The summed E-state index contributed by atoms with van der Waals surface area (Å²) in [5, 5.41) is 5.38. The van der Waals surface area contributed by atoms with Gasteiger partial charge in [0.25, 0.3) is 0 Å². The topological polar surface area (TPSA) is 42.4 Å². The lowest BCUT2D eigenvalue weighted by molar-refractivity contribution is 0.669. The molecule has 1 aliphatic rings. The minimum Gasteiger partial charge on any atom is -0.456 e. The summed E-state index contributed by atoms with van der Waals surface area (Å²) in [6, 6.07) is 53.6. The minimum absolute atomic E-state index is 0.388. The first-order valence-corrected chi connectivity index (χ1v) is 19.1. The molecule has 0 aliphatic heterocycles. The monoisotopic (exact) mass is 712 g/mol. The van der Waals surface area contributed by atoms with E-state index in [9.17, 15) is 0 Å². The maximum absolute atomic E-state index is 6.56. The highest BCUT2D eigenvalue weighted by molar-refractivity contribution is 7.21. The Morgan fingerprint density at radius 2 is 1.35 bits per heavy atom. The van der Waals surface area contributed by atoms with Crippen LogP contribution in [0.2, 0.25) is 0 Å². The Balaban J connectivity index is 0.989. The van der Waals surface area contributed by atoms with Gasteiger partial charge in [0.05, 0.1) is 21.3 Å². The first-order chi connectivity index (χ1) is 26.7. The largest absolute Gasteiger partial charge is 0.456 e. The van der Waals surface area contributed by atoms with Crippen LogP contribution in [0.15, 0.2) is 185 Å². The second kappa shape index (κ2) is 12.5. The van der Waals surface area contributed by atoms with Crippen molar-refractivity contribution in [1.29, 1.82) is 0 Å². The van der Waals surface area contributed by atoms with Gasteiger partial charge in [0, 0.05) is 39.0 Å². The Kier molecular flexibility index (Phi) is 7.13. The van der Waals surface area contributed by atoms with Crippen molar-refractivity contribution in [1.82, 2.24) is 4.98 Å². The smallest absolute Gasteiger partial charge is 0.159 e. The summed E-state index contributed by atoms with van der Waals surface area (Å²) in [6.07, 6.45) is 9.81. The van der Waals surface area contributed by atoms with Gasteiger partial charge in [-0.3, -0.25) is 0 Å². The number of nitrogens with zero attached hydrogens (tertiary/aromatic N) is 2. The third kappa shape index (κ3) is 5.08. The van der Waals surface area contributed by atoms with Crippen molar-refractivity contribution >= 4 is 82.5 Å². The van der Waals surface area contributed by atoms with Crippen molar-refractivity contribution in [2.45, 2.75) is 12.3 Å². The fourth-order valence-electron chi connectivity index (χ4n) is 7.97. The van der Waals surface area contributed by atoms with Crippen LogP contribution >= 0.6 is 11.3 Å². The van der Waals surface area contributed by atoms with Crippen LogP contribution in [0.25, 0.3) is 75.8 Å². The maximum Gasteiger partial charge on any atom is 0.159 e. The van der Waals surface area contributed by atoms with Crippen LogP contribution in [0.4, 0.5) is 17.1 Å². The second-order valence-electron chi connectivity index (χ2n) is 13.9. The molecule has 0 fully saturated rings. The number of hydrogen-bond acceptors (Lipinski definition) is 5. The highest BCUT2D eigenvalue weighted by Gasteiger charge is 2.21. The van der Waals surface area contributed by atoms with Gasteiger partial charge in [0.1, 0.15) is 21.8 Å². The summed E-state index contributed by atoms with van der Waals surface area (Å²) in [5.74, 6) is 0.388. The Morgan fingerprint density at radius 1 is 0.574 bits per heavy atom. The summed E-state index contributed by atoms with van der Waals surface area (Å²) in [6.45, 7) is 0. The molecule has 10 aromatic rings. The molecule has 0 amide bonds. The van der Waals surface area contributed by atoms with Crippen molar-refractivity contribution in [3.63, 3.8) is 0 Å². The number of aromatic nitrogens is 1. The van der Waals surface area contributed by atoms with Gasteiger partial charge >= 0.3 is 0 Å². The predicted molar refractivity (Wildman–Crippen MR) is 225 cm³/mol. The molecule has 0 radical (unpaired) electrons. The standard InChI is InChI=1S/C49H32N2O2S/c1-3-10-31(11-4-1)32-18-23-36(24-19-32)51(41-16-9-15-39-38-14-7-8-17-42(38)53-48(39)41)37-25-20-33(21-26-37)35-22-27-40-44(30-35)52-43-28-29-45-47(46(40)43)50-49(54-45)34-12-5-2-6-13-34/h1-10,12-31H,11H2. The van der Waals surface area contributed by atoms with E-state index in [1.807, 2.05) is 18.2 Å². The molecule has 0 saturated heterocycles. The van der Waals surface area contributed by atoms with Gasteiger partial charge in [-0.15, -0.1) is 11.3 Å². The average molecular weight is 713 g/mol. The Bertz CT molecular complexity index is 3070. The molecule has 3 aromatic heterocycles. The molecule has 4 nitrogen and oxygen atoms in total. The molecule has 256 valence electrons. The van der Waals surface area contributed by atoms with Crippen LogP contribution in [0.3, 0.4) is 0 Å². The molecule has 5 heteroatoms. The molecule has 3 heterocycles. The molecule has 1 aliphatic carbocycles. The van der Waals surface area contributed by atoms with Gasteiger partial charge in [-0.1, -0.05) is 115 Å². The first kappa shape index (κ1) is 30.9. The summed E-state index contributed by atoms with van der Waals surface area (Å²) < 4.78 is 14.2. The summed E-state index contributed by atoms with van der Waals surface area (Å²) in [5.41, 5.74) is 12.2. The molecule has 0 N–H and O–H groups in total. The van der Waals surface area contributed by atoms with Gasteiger partial charge in [-0.25, -0.2) is 4.98 Å². The Labute approximate surface area is 315 Å². The number of anilines is 3. The number of allylic oxidation sites excluding steroid dienone is 4. The van der Waals surface area contributed by atoms with Crippen molar-refractivity contribution in [3.8, 4) is 21.7 Å². The fraction of sp³-hybridized carbons (Fsp3) is 0.0408. The zero-order chi connectivity index (χ0) is 35.6. The molecule has 0 bridgehead atoms. The lowest BCUT2D eigenvalue weighted by Gasteiger charge is -2.26. The van der Waals surface area contributed by atoms with Crippen LogP contribution in [0, 0.1) is 0 Å². The first-order valence-electron chi connectivity index (χ1n) is 18.3. The van der Waals surface area contributed by atoms with Gasteiger partial charge < -0.3 is 13.7 Å². The van der Waals surface area contributed by atoms with Crippen molar-refractivity contribution in [3.05, 3.63) is 182 Å². The molecule has 7 aromatic carbocycles. The van der Waals surface area contributed by atoms with Crippen molar-refractivity contribution in [2.24, 2.45) is 0 Å². The van der Waals surface area contributed by atoms with E-state index in [4.69, 9.17) is 13.8 Å². The maximum atomic E-state index is 6.56. The third-order valence-corrected chi connectivity index (χ3v) is 11.7. The number of thiazole rings is 1. The zero-order valence-corrected chi connectivity index (χ0v) is 30.0. The lowest BCUT2D eigenvalue weighted by Crippen LogP contribution is -2.10. The number of furan rings is 2. The number of benzene rings is 7. The molecule has 0 saturated carbocycles. The molecular formula is C49H32N2O2S. The Morgan fingerprint density at radius 3 is 2.19 bits per heavy atom.